The van der Waals surface area contributed by atoms with Gasteiger partial charge < -0.3 is 22.7 Å². The molecule has 0 atom stereocenters. The van der Waals surface area contributed by atoms with Crippen LogP contribution in [0.5, 0.6) is 0 Å². The molecule has 0 aromatic heterocycles. The number of hydrogen-bond acceptors (Lipinski definition) is 3. The van der Waals surface area contributed by atoms with Crippen LogP contribution in [0.3, 0.4) is 0 Å². The molecule has 0 aromatic carbocycles. The van der Waals surface area contributed by atoms with Crippen molar-refractivity contribution in [1.29, 1.82) is 0 Å². The first-order chi connectivity index (χ1) is 5.20. The molecule has 0 saturated carbocycles. The molecule has 0 unspecified atom stereocenters. The van der Waals surface area contributed by atoms with Gasteiger partial charge in [0.25, 0.3) is 0 Å². The third-order valence-electron chi connectivity index (χ3n) is 0. The summed E-state index contributed by atoms with van der Waals surface area (Å²) in [5, 5.41) is 24.2. The molecule has 14 heavy (non-hydrogen) atoms. The summed E-state index contributed by atoms with van der Waals surface area (Å²) in [4.78, 5) is 0. The molecule has 4 heteroatoms. The van der Waals surface area contributed by atoms with E-state index in [1.54, 1.807) is 41.5 Å². The fraction of sp³-hybridized carbons (Fsp3) is 0.900. The van der Waals surface area contributed by atoms with E-state index in [-0.39, 0.29) is 47.5 Å². The van der Waals surface area contributed by atoms with E-state index in [4.69, 9.17) is 15.3 Å². The van der Waals surface area contributed by atoms with Crippen molar-refractivity contribution in [1.82, 2.24) is 0 Å². The maximum atomic E-state index is 8.06. The largest absolute Gasteiger partial charge is 0.394 e. The van der Waals surface area contributed by atoms with Gasteiger partial charge in [-0.2, -0.15) is 0 Å². The summed E-state index contributed by atoms with van der Waals surface area (Å²) < 4.78 is 0. The van der Waals surface area contributed by atoms with Crippen LogP contribution in [0.25, 0.3) is 0 Å². The number of aliphatic hydroxyl groups is 3. The Morgan fingerprint density at radius 1 is 0.571 bits per heavy atom. The third-order valence-corrected chi connectivity index (χ3v) is 0. The minimum absolute atomic E-state index is 0. The molecule has 0 amide bonds. The maximum Gasteiger partial charge on any atom is 0.0483 e. The van der Waals surface area contributed by atoms with Crippen LogP contribution in [-0.2, 0) is 21.7 Å². The van der Waals surface area contributed by atoms with Crippen LogP contribution in [0, 0.1) is 7.43 Å². The average molecular weight is 243 g/mol. The maximum absolute atomic E-state index is 8.06. The Bertz CT molecular complexity index is 43.9. The fourth-order valence-corrected chi connectivity index (χ4v) is 0. The van der Waals surface area contributed by atoms with Crippen molar-refractivity contribution in [2.45, 2.75) is 59.9 Å². The molecule has 0 fully saturated rings. The molecule has 3 N–H and O–H groups in total. The van der Waals surface area contributed by atoms with E-state index < -0.39 is 0 Å². The Morgan fingerprint density at radius 3 is 0.571 bits per heavy atom. The van der Waals surface area contributed by atoms with Crippen molar-refractivity contribution >= 4 is 0 Å². The molecular formula is C10H27O3Ti-. The number of hydrogen-bond donors (Lipinski definition) is 3. The molecule has 0 radical (unpaired) electrons. The van der Waals surface area contributed by atoms with Gasteiger partial charge in [-0.05, 0) is 41.5 Å². The zero-order valence-electron chi connectivity index (χ0n) is 10.6. The predicted octanol–water partition coefficient (Wildman–Crippen LogP) is 1.61. The Labute approximate surface area is 104 Å². The van der Waals surface area contributed by atoms with Crippen molar-refractivity contribution in [3.05, 3.63) is 7.43 Å². The van der Waals surface area contributed by atoms with Gasteiger partial charge in [0.05, 0.1) is 0 Å². The van der Waals surface area contributed by atoms with Gasteiger partial charge >= 0.3 is 0 Å². The third kappa shape index (κ3) is 4790. The second-order valence-electron chi connectivity index (χ2n) is 3.28. The zero-order valence-corrected chi connectivity index (χ0v) is 12.1. The average Bonchev–Trinajstić information content (AvgIpc) is 1.54. The van der Waals surface area contributed by atoms with Crippen LogP contribution in [0.4, 0.5) is 0 Å². The number of aliphatic hydroxyl groups excluding tert-OH is 3. The monoisotopic (exact) mass is 243 g/mol. The standard InChI is InChI=1S/3C3H8O.CH3.Ti/c3*1-3(2)4;;/h3*3-4H,1-2H3;1H3;/q;;;-1;. The van der Waals surface area contributed by atoms with E-state index in [1.807, 2.05) is 0 Å². The van der Waals surface area contributed by atoms with Crippen molar-refractivity contribution in [2.75, 3.05) is 0 Å². The van der Waals surface area contributed by atoms with Crippen molar-refractivity contribution in [3.8, 4) is 0 Å². The molecule has 0 aromatic rings. The van der Waals surface area contributed by atoms with Gasteiger partial charge in [0.15, 0.2) is 0 Å². The van der Waals surface area contributed by atoms with Crippen LogP contribution >= 0.6 is 0 Å². The number of rotatable bonds is 0. The summed E-state index contributed by atoms with van der Waals surface area (Å²) in [5.41, 5.74) is 0. The van der Waals surface area contributed by atoms with Gasteiger partial charge in [0, 0.05) is 40.0 Å². The van der Waals surface area contributed by atoms with E-state index >= 15 is 0 Å². The van der Waals surface area contributed by atoms with Gasteiger partial charge in [-0.1, -0.05) is 0 Å². The molecule has 0 spiro atoms. The first kappa shape index (κ1) is 29.3. The zero-order chi connectivity index (χ0) is 10.7. The van der Waals surface area contributed by atoms with Crippen molar-refractivity contribution in [3.63, 3.8) is 0 Å². The smallest absolute Gasteiger partial charge is 0.0483 e. The summed E-state index contributed by atoms with van der Waals surface area (Å²) >= 11 is 0. The van der Waals surface area contributed by atoms with Crippen LogP contribution in [0.1, 0.15) is 41.5 Å². The fourth-order valence-electron chi connectivity index (χ4n) is 0. The minimum Gasteiger partial charge on any atom is -0.394 e. The predicted molar refractivity (Wildman–Crippen MR) is 58.5 cm³/mol. The van der Waals surface area contributed by atoms with Gasteiger partial charge in [0.2, 0.25) is 0 Å². The summed E-state index contributed by atoms with van der Waals surface area (Å²) in [5.74, 6) is 0. The topological polar surface area (TPSA) is 60.7 Å². The molecule has 3 nitrogen and oxygen atoms in total. The molecule has 90 valence electrons. The van der Waals surface area contributed by atoms with Gasteiger partial charge in [-0.15, -0.1) is 0 Å². The van der Waals surface area contributed by atoms with Crippen LogP contribution < -0.4 is 0 Å². The Hall–Kier alpha value is 0.594. The van der Waals surface area contributed by atoms with E-state index in [0.29, 0.717) is 0 Å². The minimum atomic E-state index is -0.167. The van der Waals surface area contributed by atoms with Gasteiger partial charge in [-0.25, -0.2) is 0 Å². The Kier molecular flexibility index (Phi) is 49.0. The summed E-state index contributed by atoms with van der Waals surface area (Å²) in [6.07, 6.45) is -0.500. The van der Waals surface area contributed by atoms with Crippen molar-refractivity contribution < 1.29 is 37.0 Å². The van der Waals surface area contributed by atoms with E-state index in [9.17, 15) is 0 Å². The molecule has 0 saturated heterocycles. The molecule has 0 rings (SSSR count). The van der Waals surface area contributed by atoms with E-state index in [0.717, 1.165) is 0 Å². The molecule has 0 aliphatic rings. The molecular weight excluding hydrogens is 216 g/mol. The first-order valence-corrected chi connectivity index (χ1v) is 4.24. The van der Waals surface area contributed by atoms with Gasteiger partial charge in [-0.3, -0.25) is 0 Å². The van der Waals surface area contributed by atoms with Gasteiger partial charge in [0.1, 0.15) is 0 Å². The normalized spacial score (nSPS) is 7.71. The summed E-state index contributed by atoms with van der Waals surface area (Å²) in [7, 11) is 0. The van der Waals surface area contributed by atoms with Crippen molar-refractivity contribution in [2.24, 2.45) is 0 Å². The van der Waals surface area contributed by atoms with Crippen LogP contribution in [0.2, 0.25) is 0 Å². The Balaban J connectivity index is -0.0000000270. The molecule has 0 bridgehead atoms. The van der Waals surface area contributed by atoms with E-state index in [2.05, 4.69) is 0 Å². The SMILES string of the molecule is CC(C)O.CC(C)O.CC(C)O.[CH3-].[Ti]. The van der Waals surface area contributed by atoms with E-state index in [1.165, 1.54) is 0 Å². The molecule has 0 heterocycles. The molecule has 0 aliphatic heterocycles. The summed E-state index contributed by atoms with van der Waals surface area (Å²) in [6, 6.07) is 0. The quantitative estimate of drug-likeness (QED) is 0.447. The van der Waals surface area contributed by atoms with Crippen LogP contribution in [-0.4, -0.2) is 33.6 Å². The van der Waals surface area contributed by atoms with Crippen LogP contribution in [0.15, 0.2) is 0 Å². The summed E-state index contributed by atoms with van der Waals surface area (Å²) in [6.45, 7) is 10.3. The first-order valence-electron chi connectivity index (χ1n) is 4.24. The Morgan fingerprint density at radius 2 is 0.571 bits per heavy atom. The second-order valence-corrected chi connectivity index (χ2v) is 3.28. The molecule has 0 aliphatic carbocycles. The second kappa shape index (κ2) is 23.4.